The molecule has 1 aliphatic rings. The van der Waals surface area contributed by atoms with Gasteiger partial charge in [-0.1, -0.05) is 25.0 Å². The number of rotatable bonds is 5. The van der Waals surface area contributed by atoms with Crippen molar-refractivity contribution < 1.29 is 9.53 Å². The van der Waals surface area contributed by atoms with Crippen molar-refractivity contribution >= 4 is 17.3 Å². The molecule has 5 nitrogen and oxygen atoms in total. The second kappa shape index (κ2) is 8.70. The predicted octanol–water partition coefficient (Wildman–Crippen LogP) is 4.63. The Morgan fingerprint density at radius 1 is 1.12 bits per heavy atom. The average molecular weight is 353 g/mol. The summed E-state index contributed by atoms with van der Waals surface area (Å²) in [5.41, 5.74) is 2.19. The Morgan fingerprint density at radius 3 is 2.58 bits per heavy atom. The predicted molar refractivity (Wildman–Crippen MR) is 104 cm³/mol. The van der Waals surface area contributed by atoms with Crippen LogP contribution in [0, 0.1) is 0 Å². The zero-order chi connectivity index (χ0) is 18.4. The van der Waals surface area contributed by atoms with Crippen molar-refractivity contribution in [2.75, 3.05) is 18.4 Å². The Balaban J connectivity index is 1.76. The fraction of sp³-hybridized carbons (Fsp3) is 0.429. The van der Waals surface area contributed by atoms with Crippen LogP contribution in [0.15, 0.2) is 42.6 Å². The molecule has 1 fully saturated rings. The van der Waals surface area contributed by atoms with Crippen LogP contribution < -0.4 is 10.1 Å². The Morgan fingerprint density at radius 2 is 1.85 bits per heavy atom. The monoisotopic (exact) mass is 353 g/mol. The Hall–Kier alpha value is -2.56. The second-order valence-corrected chi connectivity index (χ2v) is 6.92. The Bertz CT molecular complexity index is 738. The van der Waals surface area contributed by atoms with E-state index >= 15 is 0 Å². The molecule has 0 unspecified atom stereocenters. The first kappa shape index (κ1) is 18.2. The van der Waals surface area contributed by atoms with Gasteiger partial charge in [-0.3, -0.25) is 9.78 Å². The summed E-state index contributed by atoms with van der Waals surface area (Å²) in [5, 5.41) is 3.35. The van der Waals surface area contributed by atoms with Gasteiger partial charge in [-0.25, -0.2) is 0 Å². The molecule has 0 radical (unpaired) electrons. The number of ether oxygens (including phenoxy) is 1. The molecule has 1 aromatic carbocycles. The summed E-state index contributed by atoms with van der Waals surface area (Å²) in [6, 6.07) is 11.5. The van der Waals surface area contributed by atoms with E-state index in [0.29, 0.717) is 5.69 Å². The van der Waals surface area contributed by atoms with Gasteiger partial charge in [0.1, 0.15) is 11.4 Å². The maximum absolute atomic E-state index is 12.8. The molecular weight excluding hydrogens is 326 g/mol. The van der Waals surface area contributed by atoms with Gasteiger partial charge in [0.15, 0.2) is 0 Å². The Kier molecular flexibility index (Phi) is 6.10. The Labute approximate surface area is 155 Å². The first-order valence-electron chi connectivity index (χ1n) is 9.41. The summed E-state index contributed by atoms with van der Waals surface area (Å²) >= 11 is 0. The largest absolute Gasteiger partial charge is 0.489 e. The fourth-order valence-electron chi connectivity index (χ4n) is 3.14. The maximum atomic E-state index is 12.8. The molecule has 1 N–H and O–H groups in total. The minimum atomic E-state index is 0.0160. The highest BCUT2D eigenvalue weighted by molar-refractivity contribution is 5.93. The van der Waals surface area contributed by atoms with Gasteiger partial charge in [-0.15, -0.1) is 0 Å². The number of pyridine rings is 1. The van der Waals surface area contributed by atoms with E-state index in [0.717, 1.165) is 43.1 Å². The van der Waals surface area contributed by atoms with E-state index in [1.54, 1.807) is 6.20 Å². The van der Waals surface area contributed by atoms with Crippen molar-refractivity contribution in [1.29, 1.82) is 0 Å². The lowest BCUT2D eigenvalue weighted by Crippen LogP contribution is -2.32. The minimum absolute atomic E-state index is 0.0160. The van der Waals surface area contributed by atoms with Crippen molar-refractivity contribution in [3.63, 3.8) is 0 Å². The van der Waals surface area contributed by atoms with Gasteiger partial charge in [0.05, 0.1) is 11.8 Å². The summed E-state index contributed by atoms with van der Waals surface area (Å²) in [5.74, 6) is 0.807. The number of benzene rings is 1. The normalized spacial score (nSPS) is 14.8. The summed E-state index contributed by atoms with van der Waals surface area (Å²) < 4.78 is 5.85. The van der Waals surface area contributed by atoms with E-state index in [9.17, 15) is 4.79 Å². The molecule has 1 saturated heterocycles. The number of amides is 1. The SMILES string of the molecule is CC(C)Oc1ccccc1Nc1ccnc(C(=O)N2CCCCCC2)c1. The lowest BCUT2D eigenvalue weighted by atomic mass is 10.2. The van der Waals surface area contributed by atoms with Crippen LogP contribution in [0.1, 0.15) is 50.0 Å². The quantitative estimate of drug-likeness (QED) is 0.851. The van der Waals surface area contributed by atoms with Crippen molar-refractivity contribution in [2.24, 2.45) is 0 Å². The summed E-state index contributed by atoms with van der Waals surface area (Å²) in [6.45, 7) is 5.65. The number of nitrogens with zero attached hydrogens (tertiary/aromatic N) is 2. The van der Waals surface area contributed by atoms with E-state index in [1.807, 2.05) is 55.1 Å². The highest BCUT2D eigenvalue weighted by atomic mass is 16.5. The third kappa shape index (κ3) is 4.75. The van der Waals surface area contributed by atoms with Crippen molar-refractivity contribution in [1.82, 2.24) is 9.88 Å². The third-order valence-corrected chi connectivity index (χ3v) is 4.40. The van der Waals surface area contributed by atoms with E-state index in [1.165, 1.54) is 12.8 Å². The van der Waals surface area contributed by atoms with Crippen LogP contribution in [0.5, 0.6) is 5.75 Å². The topological polar surface area (TPSA) is 54.5 Å². The molecule has 2 aromatic rings. The number of aromatic nitrogens is 1. The fourth-order valence-corrected chi connectivity index (χ4v) is 3.14. The van der Waals surface area contributed by atoms with E-state index in [2.05, 4.69) is 10.3 Å². The van der Waals surface area contributed by atoms with Gasteiger partial charge in [-0.2, -0.15) is 0 Å². The van der Waals surface area contributed by atoms with Crippen LogP contribution in [0.3, 0.4) is 0 Å². The van der Waals surface area contributed by atoms with Crippen LogP contribution in [-0.4, -0.2) is 35.0 Å². The first-order valence-corrected chi connectivity index (χ1v) is 9.41. The van der Waals surface area contributed by atoms with Gasteiger partial charge in [0.2, 0.25) is 0 Å². The van der Waals surface area contributed by atoms with Crippen LogP contribution in [0.4, 0.5) is 11.4 Å². The van der Waals surface area contributed by atoms with Gasteiger partial charge in [0.25, 0.3) is 5.91 Å². The highest BCUT2D eigenvalue weighted by Crippen LogP contribution is 2.28. The van der Waals surface area contributed by atoms with E-state index < -0.39 is 0 Å². The number of hydrogen-bond donors (Lipinski definition) is 1. The lowest BCUT2D eigenvalue weighted by Gasteiger charge is -2.20. The maximum Gasteiger partial charge on any atom is 0.272 e. The number of likely N-dealkylation sites (tertiary alicyclic amines) is 1. The zero-order valence-electron chi connectivity index (χ0n) is 15.6. The zero-order valence-corrected chi connectivity index (χ0v) is 15.6. The van der Waals surface area contributed by atoms with Gasteiger partial charge < -0.3 is 15.0 Å². The molecule has 3 rings (SSSR count). The molecule has 138 valence electrons. The van der Waals surface area contributed by atoms with Gasteiger partial charge >= 0.3 is 0 Å². The van der Waals surface area contributed by atoms with Crippen LogP contribution in [0.2, 0.25) is 0 Å². The van der Waals surface area contributed by atoms with Crippen molar-refractivity contribution in [3.8, 4) is 5.75 Å². The molecule has 1 amide bonds. The molecule has 0 aliphatic carbocycles. The van der Waals surface area contributed by atoms with E-state index in [4.69, 9.17) is 4.74 Å². The molecule has 0 saturated carbocycles. The van der Waals surface area contributed by atoms with Gasteiger partial charge in [0, 0.05) is 25.0 Å². The molecule has 0 bridgehead atoms. The second-order valence-electron chi connectivity index (χ2n) is 6.92. The third-order valence-electron chi connectivity index (χ3n) is 4.40. The molecule has 1 aromatic heterocycles. The number of anilines is 2. The number of hydrogen-bond acceptors (Lipinski definition) is 4. The molecule has 26 heavy (non-hydrogen) atoms. The van der Waals surface area contributed by atoms with Crippen LogP contribution in [-0.2, 0) is 0 Å². The molecule has 0 spiro atoms. The number of carbonyl (C=O) groups excluding carboxylic acids is 1. The number of carbonyl (C=O) groups is 1. The highest BCUT2D eigenvalue weighted by Gasteiger charge is 2.18. The van der Waals surface area contributed by atoms with Crippen LogP contribution in [0.25, 0.3) is 0 Å². The molecule has 1 aliphatic heterocycles. The molecule has 0 atom stereocenters. The molecule has 5 heteroatoms. The van der Waals surface area contributed by atoms with Crippen molar-refractivity contribution in [3.05, 3.63) is 48.3 Å². The number of para-hydroxylation sites is 2. The molecule has 2 heterocycles. The summed E-state index contributed by atoms with van der Waals surface area (Å²) in [4.78, 5) is 19.0. The average Bonchev–Trinajstić information content (AvgIpc) is 2.92. The standard InChI is InChI=1S/C21H27N3O2/c1-16(2)26-20-10-6-5-9-18(20)23-17-11-12-22-19(15-17)21(25)24-13-7-3-4-8-14-24/h5-6,9-12,15-16H,3-4,7-8,13-14H2,1-2H3,(H,22,23). The first-order chi connectivity index (χ1) is 12.6. The summed E-state index contributed by atoms with van der Waals surface area (Å²) in [7, 11) is 0. The minimum Gasteiger partial charge on any atom is -0.489 e. The smallest absolute Gasteiger partial charge is 0.272 e. The van der Waals surface area contributed by atoms with E-state index in [-0.39, 0.29) is 12.0 Å². The lowest BCUT2D eigenvalue weighted by molar-refractivity contribution is 0.0756. The number of nitrogens with one attached hydrogen (secondary N) is 1. The van der Waals surface area contributed by atoms with Crippen LogP contribution >= 0.6 is 0 Å². The molecular formula is C21H27N3O2. The summed E-state index contributed by atoms with van der Waals surface area (Å²) in [6.07, 6.45) is 6.32. The van der Waals surface area contributed by atoms with Gasteiger partial charge in [-0.05, 0) is 51.0 Å². The van der Waals surface area contributed by atoms with Crippen molar-refractivity contribution in [2.45, 2.75) is 45.6 Å².